The summed E-state index contributed by atoms with van der Waals surface area (Å²) >= 11 is 0. The third-order valence-electron chi connectivity index (χ3n) is 1.71. The largest absolute Gasteiger partial charge is 0.494 e. The maximum absolute atomic E-state index is 11.3. The van der Waals surface area contributed by atoms with E-state index in [1.165, 1.54) is 12.1 Å². The molecule has 1 rings (SSSR count). The van der Waals surface area contributed by atoms with Crippen LogP contribution in [0, 0.1) is 0 Å². The molecule has 0 aliphatic heterocycles. The standard InChI is InChI=1S/C9H13NO3S/c1-2-13-8-3-5-9(6-4-8)14(11,12)7-10/h3-6H,2,7,10H2,1H3. The number of benzene rings is 1. The summed E-state index contributed by atoms with van der Waals surface area (Å²) in [7, 11) is -3.31. The monoisotopic (exact) mass is 215 g/mol. The fraction of sp³-hybridized carbons (Fsp3) is 0.333. The van der Waals surface area contributed by atoms with Crippen molar-refractivity contribution in [2.24, 2.45) is 5.73 Å². The zero-order chi connectivity index (χ0) is 10.6. The molecule has 0 radical (unpaired) electrons. The number of ether oxygens (including phenoxy) is 1. The second kappa shape index (κ2) is 4.43. The molecule has 0 aliphatic carbocycles. The summed E-state index contributed by atoms with van der Waals surface area (Å²) in [4.78, 5) is 0.225. The van der Waals surface area contributed by atoms with Crippen LogP contribution in [0.25, 0.3) is 0 Å². The average Bonchev–Trinajstić information content (AvgIpc) is 2.19. The van der Waals surface area contributed by atoms with Gasteiger partial charge in [-0.3, -0.25) is 0 Å². The minimum atomic E-state index is -3.31. The van der Waals surface area contributed by atoms with Gasteiger partial charge in [0.05, 0.1) is 11.5 Å². The van der Waals surface area contributed by atoms with E-state index in [1.807, 2.05) is 6.92 Å². The van der Waals surface area contributed by atoms with Gasteiger partial charge in [-0.25, -0.2) is 8.42 Å². The quantitative estimate of drug-likeness (QED) is 0.805. The van der Waals surface area contributed by atoms with Crippen LogP contribution in [0.3, 0.4) is 0 Å². The molecular formula is C9H13NO3S. The van der Waals surface area contributed by atoms with Crippen molar-refractivity contribution in [3.8, 4) is 5.75 Å². The summed E-state index contributed by atoms with van der Waals surface area (Å²) in [6.07, 6.45) is 0. The van der Waals surface area contributed by atoms with Crippen molar-refractivity contribution >= 4 is 9.84 Å². The third-order valence-corrected chi connectivity index (χ3v) is 3.14. The molecule has 78 valence electrons. The van der Waals surface area contributed by atoms with Crippen molar-refractivity contribution in [2.45, 2.75) is 11.8 Å². The topological polar surface area (TPSA) is 69.4 Å². The molecule has 0 heterocycles. The van der Waals surface area contributed by atoms with Crippen molar-refractivity contribution in [1.29, 1.82) is 0 Å². The lowest BCUT2D eigenvalue weighted by Gasteiger charge is -2.04. The highest BCUT2D eigenvalue weighted by atomic mass is 32.2. The molecule has 0 unspecified atom stereocenters. The van der Waals surface area contributed by atoms with Gasteiger partial charge in [-0.2, -0.15) is 0 Å². The lowest BCUT2D eigenvalue weighted by molar-refractivity contribution is 0.340. The minimum absolute atomic E-state index is 0.225. The highest BCUT2D eigenvalue weighted by Gasteiger charge is 2.10. The van der Waals surface area contributed by atoms with E-state index in [0.29, 0.717) is 12.4 Å². The molecule has 0 bridgehead atoms. The number of sulfone groups is 1. The predicted octanol–water partition coefficient (Wildman–Crippen LogP) is 0.775. The molecule has 0 amide bonds. The SMILES string of the molecule is CCOc1ccc(S(=O)(=O)CN)cc1. The summed E-state index contributed by atoms with van der Waals surface area (Å²) in [6, 6.07) is 6.22. The lowest BCUT2D eigenvalue weighted by Crippen LogP contribution is -2.14. The molecule has 14 heavy (non-hydrogen) atoms. The van der Waals surface area contributed by atoms with Gasteiger partial charge in [-0.05, 0) is 31.2 Å². The average molecular weight is 215 g/mol. The number of nitrogens with two attached hydrogens (primary N) is 1. The maximum atomic E-state index is 11.3. The Morgan fingerprint density at radius 2 is 1.86 bits per heavy atom. The normalized spacial score (nSPS) is 11.3. The molecule has 0 aliphatic rings. The van der Waals surface area contributed by atoms with E-state index in [1.54, 1.807) is 12.1 Å². The van der Waals surface area contributed by atoms with Gasteiger partial charge < -0.3 is 10.5 Å². The van der Waals surface area contributed by atoms with Crippen molar-refractivity contribution < 1.29 is 13.2 Å². The van der Waals surface area contributed by atoms with Crippen LogP contribution in [0.5, 0.6) is 5.75 Å². The fourth-order valence-electron chi connectivity index (χ4n) is 1.01. The summed E-state index contributed by atoms with van der Waals surface area (Å²) in [6.45, 7) is 2.42. The van der Waals surface area contributed by atoms with Crippen LogP contribution in [-0.4, -0.2) is 20.9 Å². The van der Waals surface area contributed by atoms with Crippen LogP contribution in [-0.2, 0) is 9.84 Å². The molecule has 1 aromatic carbocycles. The van der Waals surface area contributed by atoms with Gasteiger partial charge in [0.2, 0.25) is 0 Å². The Labute approximate surface area is 83.6 Å². The summed E-state index contributed by atoms with van der Waals surface area (Å²) in [5.41, 5.74) is 5.12. The van der Waals surface area contributed by atoms with Gasteiger partial charge in [-0.15, -0.1) is 0 Å². The molecule has 5 heteroatoms. The van der Waals surface area contributed by atoms with Crippen LogP contribution in [0.1, 0.15) is 6.92 Å². The van der Waals surface area contributed by atoms with E-state index in [-0.39, 0.29) is 10.8 Å². The van der Waals surface area contributed by atoms with E-state index in [0.717, 1.165) is 0 Å². The molecule has 0 saturated carbocycles. The van der Waals surface area contributed by atoms with E-state index in [9.17, 15) is 8.42 Å². The Balaban J connectivity index is 2.94. The summed E-state index contributed by atoms with van der Waals surface area (Å²) < 4.78 is 27.8. The Kier molecular flexibility index (Phi) is 3.49. The van der Waals surface area contributed by atoms with Crippen LogP contribution in [0.2, 0.25) is 0 Å². The van der Waals surface area contributed by atoms with Gasteiger partial charge in [0.15, 0.2) is 9.84 Å². The second-order valence-corrected chi connectivity index (χ2v) is 4.72. The minimum Gasteiger partial charge on any atom is -0.494 e. The molecule has 2 N–H and O–H groups in total. The molecule has 1 aromatic rings. The lowest BCUT2D eigenvalue weighted by atomic mass is 10.3. The van der Waals surface area contributed by atoms with Gasteiger partial charge in [0.25, 0.3) is 0 Å². The number of rotatable bonds is 4. The zero-order valence-electron chi connectivity index (χ0n) is 7.93. The number of hydrogen-bond acceptors (Lipinski definition) is 4. The predicted molar refractivity (Wildman–Crippen MR) is 53.9 cm³/mol. The van der Waals surface area contributed by atoms with Crippen LogP contribution < -0.4 is 10.5 Å². The number of hydrogen-bond donors (Lipinski definition) is 1. The first kappa shape index (κ1) is 11.0. The first-order chi connectivity index (χ1) is 6.60. The first-order valence-corrected chi connectivity index (χ1v) is 5.91. The van der Waals surface area contributed by atoms with Gasteiger partial charge in [-0.1, -0.05) is 0 Å². The van der Waals surface area contributed by atoms with E-state index >= 15 is 0 Å². The van der Waals surface area contributed by atoms with E-state index in [2.05, 4.69) is 0 Å². The Hall–Kier alpha value is -1.07. The Morgan fingerprint density at radius 3 is 2.29 bits per heavy atom. The Bertz CT molecular complexity index is 383. The fourth-order valence-corrected chi connectivity index (χ4v) is 1.75. The Morgan fingerprint density at radius 1 is 1.29 bits per heavy atom. The summed E-state index contributed by atoms with van der Waals surface area (Å²) in [5.74, 6) is 0.282. The molecule has 4 nitrogen and oxygen atoms in total. The highest BCUT2D eigenvalue weighted by molar-refractivity contribution is 7.91. The molecule has 0 spiro atoms. The first-order valence-electron chi connectivity index (χ1n) is 4.26. The third kappa shape index (κ3) is 2.46. The summed E-state index contributed by atoms with van der Waals surface area (Å²) in [5, 5.41) is 0. The smallest absolute Gasteiger partial charge is 0.191 e. The molecule has 0 atom stereocenters. The van der Waals surface area contributed by atoms with Crippen molar-refractivity contribution in [2.75, 3.05) is 12.5 Å². The highest BCUT2D eigenvalue weighted by Crippen LogP contribution is 2.16. The van der Waals surface area contributed by atoms with Crippen molar-refractivity contribution in [3.63, 3.8) is 0 Å². The molecule has 0 saturated heterocycles. The molecular weight excluding hydrogens is 202 g/mol. The van der Waals surface area contributed by atoms with Crippen LogP contribution in [0.4, 0.5) is 0 Å². The molecule has 0 aromatic heterocycles. The van der Waals surface area contributed by atoms with Gasteiger partial charge >= 0.3 is 0 Å². The van der Waals surface area contributed by atoms with Gasteiger partial charge in [0.1, 0.15) is 11.6 Å². The second-order valence-electron chi connectivity index (χ2n) is 2.69. The van der Waals surface area contributed by atoms with Crippen LogP contribution in [0.15, 0.2) is 29.2 Å². The zero-order valence-corrected chi connectivity index (χ0v) is 8.75. The molecule has 0 fully saturated rings. The van der Waals surface area contributed by atoms with Gasteiger partial charge in [0, 0.05) is 0 Å². The van der Waals surface area contributed by atoms with Crippen molar-refractivity contribution in [3.05, 3.63) is 24.3 Å². The van der Waals surface area contributed by atoms with Crippen LogP contribution >= 0.6 is 0 Å². The van der Waals surface area contributed by atoms with E-state index < -0.39 is 9.84 Å². The van der Waals surface area contributed by atoms with E-state index in [4.69, 9.17) is 10.5 Å². The maximum Gasteiger partial charge on any atom is 0.191 e. The van der Waals surface area contributed by atoms with Crippen molar-refractivity contribution in [1.82, 2.24) is 0 Å².